The highest BCUT2D eigenvalue weighted by Gasteiger charge is 2.52. The van der Waals surface area contributed by atoms with Crippen LogP contribution in [0.5, 0.6) is 46.0 Å². The number of nitrogens with two attached hydrogens (primary N) is 1. The number of phenols is 3. The molecule has 9 unspecified atom stereocenters. The van der Waals surface area contributed by atoms with E-state index in [2.05, 4.69) is 37.2 Å². The molecule has 2 fully saturated rings. The minimum Gasteiger partial charge on any atom is -0.508 e. The lowest BCUT2D eigenvalue weighted by Crippen LogP contribution is -2.65. The van der Waals surface area contributed by atoms with Crippen molar-refractivity contribution in [3.63, 3.8) is 0 Å². The van der Waals surface area contributed by atoms with E-state index < -0.39 is 261 Å². The molecule has 102 heavy (non-hydrogen) atoms. The van der Waals surface area contributed by atoms with Gasteiger partial charge in [-0.2, -0.15) is 0 Å². The first-order valence-corrected chi connectivity index (χ1v) is 32.2. The molecule has 0 spiro atoms. The third-order valence-electron chi connectivity index (χ3n) is 17.5. The van der Waals surface area contributed by atoms with E-state index in [0.29, 0.717) is 0 Å². The van der Waals surface area contributed by atoms with Gasteiger partial charge < -0.3 is 138 Å². The summed E-state index contributed by atoms with van der Waals surface area (Å²) in [6, 6.07) is -1.36. The summed E-state index contributed by atoms with van der Waals surface area (Å²) in [5, 5.41) is 162. The number of carboxylic acid groups (broad SMARTS) is 1. The standard InChI is InChI=1S/C65H72Cl2N8O27/c1-21(2)10-31(69-3)57(89)74-46-48(82)23-5-8-35(29(66)12-23)97-37-14-25-15-38(55(37)101-65-54(88)52(86)56(40(20-77)100-65)102-64-53(87)51(85)50(84)39(19-76)99-64)98-36-9-6-24(13-30(36)67)49(83)47-62(94)73-45(63(95)96)28-16-26(78)17-34(80)42(28)27-11-22(4-7-33(27)79)43(59(91)75-47)72-60(92)44(25)71-58(90)32(18-41(68)81)70-61(46)93/h4-9,11-17,21,31-32,39-40,43-54,56,64-65,69,76-80,82-88H,10,18-20H2,1-3H3,(H2,68,81)(H,70,93)(H,71,90)(H,72,92)(H,73,94)(H,74,89)(H,75,91)(H,95,96)/t31-,32?,39-,40-,43-,44?,45?,46?,47+,48?,49-,50+,51+,52?,53?,54?,56?,64+,65+/m1/s1. The number of hydrogen-bond donors (Lipinski definition) is 21. The highest BCUT2D eigenvalue weighted by molar-refractivity contribution is 6.32. The molecule has 7 heterocycles. The Labute approximate surface area is 586 Å². The van der Waals surface area contributed by atoms with Crippen LogP contribution in [0.1, 0.15) is 84.8 Å². The van der Waals surface area contributed by atoms with Gasteiger partial charge in [0, 0.05) is 22.8 Å². The smallest absolute Gasteiger partial charge is 0.330 e. The third kappa shape index (κ3) is 15.7. The number of carbonyl (C=O) groups excluding carboxylic acids is 7. The zero-order chi connectivity index (χ0) is 74.2. The van der Waals surface area contributed by atoms with Crippen molar-refractivity contribution in [2.75, 3.05) is 20.3 Å². The molecule has 2 saturated heterocycles. The maximum Gasteiger partial charge on any atom is 0.330 e. The van der Waals surface area contributed by atoms with Gasteiger partial charge in [-0.25, -0.2) is 4.79 Å². The molecule has 0 radical (unpaired) electrons. The number of carboxylic acids is 1. The molecule has 22 N–H and O–H groups in total. The van der Waals surface area contributed by atoms with Crippen molar-refractivity contribution in [3.8, 4) is 57.1 Å². The van der Waals surface area contributed by atoms with E-state index in [1.54, 1.807) is 13.8 Å². The zero-order valence-electron chi connectivity index (χ0n) is 53.7. The molecule has 0 aromatic heterocycles. The predicted octanol–water partition coefficient (Wildman–Crippen LogP) is -2.31. The molecular formula is C65H72Cl2N8O27. The van der Waals surface area contributed by atoms with E-state index in [9.17, 15) is 90.4 Å². The van der Waals surface area contributed by atoms with E-state index >= 15 is 14.4 Å². The molecule has 0 saturated carbocycles. The van der Waals surface area contributed by atoms with Crippen LogP contribution in [-0.2, 0) is 52.6 Å². The number of ether oxygens (including phenoxy) is 6. The number of amides is 7. The highest BCUT2D eigenvalue weighted by Crippen LogP contribution is 2.50. The topological polar surface area (TPSA) is 565 Å². The Morgan fingerprint density at radius 3 is 1.77 bits per heavy atom. The Hall–Kier alpha value is -9.28. The molecule has 7 amide bonds. The highest BCUT2D eigenvalue weighted by atomic mass is 35.5. The van der Waals surface area contributed by atoms with Crippen LogP contribution in [0.2, 0.25) is 10.0 Å². The number of likely N-dealkylation sites (N-methyl/N-ethyl adjacent to an activating group) is 1. The van der Waals surface area contributed by atoms with Crippen molar-refractivity contribution in [2.45, 2.75) is 143 Å². The number of carbonyl (C=O) groups is 8. The lowest BCUT2D eigenvalue weighted by atomic mass is 9.89. The van der Waals surface area contributed by atoms with Gasteiger partial charge in [0.25, 0.3) is 0 Å². The van der Waals surface area contributed by atoms with E-state index in [1.165, 1.54) is 13.1 Å². The molecule has 12 rings (SSSR count). The summed E-state index contributed by atoms with van der Waals surface area (Å²) in [4.78, 5) is 116. The number of phenolic OH excluding ortho intramolecular Hbond substituents is 3. The molecule has 5 aromatic carbocycles. The predicted molar refractivity (Wildman–Crippen MR) is 346 cm³/mol. The normalized spacial score (nSPS) is 29.3. The van der Waals surface area contributed by atoms with Crippen LogP contribution in [0.15, 0.2) is 78.9 Å². The monoisotopic (exact) mass is 1470 g/mol. The van der Waals surface area contributed by atoms with E-state index in [-0.39, 0.29) is 29.0 Å². The first-order chi connectivity index (χ1) is 48.3. The Bertz CT molecular complexity index is 4080. The number of aromatic hydroxyl groups is 3. The summed E-state index contributed by atoms with van der Waals surface area (Å²) in [6.07, 6.45) is -25.3. The fourth-order valence-electron chi connectivity index (χ4n) is 12.2. The van der Waals surface area contributed by atoms with Gasteiger partial charge in [0.05, 0.1) is 35.7 Å². The first kappa shape index (κ1) is 75.4. The number of rotatable bonds is 14. The van der Waals surface area contributed by atoms with Crippen molar-refractivity contribution >= 4 is 70.5 Å². The van der Waals surface area contributed by atoms with Crippen molar-refractivity contribution < 1.29 is 133 Å². The van der Waals surface area contributed by atoms with Crippen molar-refractivity contribution in [2.24, 2.45) is 11.7 Å². The lowest BCUT2D eigenvalue weighted by Gasteiger charge is -2.45. The number of nitrogens with one attached hydrogen (secondary N) is 7. The molecular weight excluding hydrogens is 1400 g/mol. The minimum atomic E-state index is -2.38. The third-order valence-corrected chi connectivity index (χ3v) is 18.1. The number of aliphatic hydroxyl groups excluding tert-OH is 9. The van der Waals surface area contributed by atoms with E-state index in [0.717, 1.165) is 72.8 Å². The Balaban J connectivity index is 1.20. The minimum absolute atomic E-state index is 0.113. The zero-order valence-corrected chi connectivity index (χ0v) is 55.3. The molecule has 5 aromatic rings. The number of hydrogen-bond acceptors (Lipinski definition) is 27. The summed E-state index contributed by atoms with van der Waals surface area (Å²) < 4.78 is 36.6. The number of aliphatic hydroxyl groups is 9. The molecule has 19 atom stereocenters. The van der Waals surface area contributed by atoms with Crippen LogP contribution in [0.25, 0.3) is 11.1 Å². The maximum absolute atomic E-state index is 15.9. The SMILES string of the molecule is CN[C@H](CC(C)C)C(=O)NC1C(=O)NC(CC(N)=O)C(=O)NC2C(=O)N[C@H]3C(=O)N[C@H](C(=O)NC(C(=O)O)c4cc(O)cc(O)c4-c4cc3ccc4O)[C@H](O)c3ccc(c(Cl)c3)Oc3cc2cc(c3O[C@@H]2O[C@H](CO)C(O[C@@H]3O[C@H](CO)[C@H](O)[C@H](O)C3O)C(O)C2O)Oc2ccc(cc2Cl)C1O. The van der Waals surface area contributed by atoms with E-state index in [1.807, 2.05) is 0 Å². The van der Waals surface area contributed by atoms with Crippen LogP contribution in [-0.4, -0.2) is 220 Å². The van der Waals surface area contributed by atoms with Gasteiger partial charge in [0.2, 0.25) is 53.4 Å². The van der Waals surface area contributed by atoms with Gasteiger partial charge in [-0.15, -0.1) is 0 Å². The molecule has 37 heteroatoms. The number of halogens is 2. The quantitative estimate of drug-likeness (QED) is 0.0555. The van der Waals surface area contributed by atoms with Crippen molar-refractivity contribution in [1.29, 1.82) is 0 Å². The Morgan fingerprint density at radius 2 is 1.19 bits per heavy atom. The van der Waals surface area contributed by atoms with Crippen LogP contribution in [0.4, 0.5) is 0 Å². The second kappa shape index (κ2) is 31.1. The molecule has 11 bridgehead atoms. The summed E-state index contributed by atoms with van der Waals surface area (Å²) >= 11 is 14.0. The molecule has 7 aliphatic rings. The van der Waals surface area contributed by atoms with Crippen molar-refractivity contribution in [3.05, 3.63) is 117 Å². The van der Waals surface area contributed by atoms with Gasteiger partial charge in [0.15, 0.2) is 23.8 Å². The fraction of sp³-hybridized carbons (Fsp3) is 0.415. The first-order valence-electron chi connectivity index (χ1n) is 31.4. The molecule has 0 aliphatic carbocycles. The Kier molecular flexibility index (Phi) is 23.0. The van der Waals surface area contributed by atoms with Gasteiger partial charge in [-0.05, 0) is 96.2 Å². The van der Waals surface area contributed by atoms with Gasteiger partial charge in [-0.1, -0.05) is 55.2 Å². The average molecular weight is 1470 g/mol. The summed E-state index contributed by atoms with van der Waals surface area (Å²) in [5.74, 6) is -16.6. The lowest BCUT2D eigenvalue weighted by molar-refractivity contribution is -0.352. The van der Waals surface area contributed by atoms with E-state index in [4.69, 9.17) is 57.4 Å². The number of primary amides is 1. The maximum atomic E-state index is 15.9. The molecule has 7 aliphatic heterocycles. The number of aliphatic carboxylic acids is 1. The molecule has 548 valence electrons. The largest absolute Gasteiger partial charge is 0.508 e. The van der Waals surface area contributed by atoms with Gasteiger partial charge >= 0.3 is 5.97 Å². The van der Waals surface area contributed by atoms with Gasteiger partial charge in [-0.3, -0.25) is 33.6 Å². The molecule has 35 nitrogen and oxygen atoms in total. The fourth-order valence-corrected chi connectivity index (χ4v) is 12.7. The van der Waals surface area contributed by atoms with Crippen LogP contribution in [0.3, 0.4) is 0 Å². The number of fused-ring (bicyclic) bond motifs is 15. The van der Waals surface area contributed by atoms with Crippen molar-refractivity contribution in [1.82, 2.24) is 37.2 Å². The van der Waals surface area contributed by atoms with Gasteiger partial charge in [0.1, 0.15) is 120 Å². The Morgan fingerprint density at radius 1 is 0.608 bits per heavy atom. The summed E-state index contributed by atoms with van der Waals surface area (Å²) in [5.41, 5.74) is 2.66. The van der Waals surface area contributed by atoms with Crippen LogP contribution < -0.4 is 57.2 Å². The second-order valence-electron chi connectivity index (χ2n) is 25.0. The summed E-state index contributed by atoms with van der Waals surface area (Å²) in [6.45, 7) is 1.59. The van der Waals surface area contributed by atoms with Crippen LogP contribution >= 0.6 is 23.2 Å². The van der Waals surface area contributed by atoms with Crippen LogP contribution in [0, 0.1) is 5.92 Å². The average Bonchev–Trinajstić information content (AvgIpc) is 0.769. The summed E-state index contributed by atoms with van der Waals surface area (Å²) in [7, 11) is 1.46. The number of benzene rings is 5. The second-order valence-corrected chi connectivity index (χ2v) is 25.8.